The highest BCUT2D eigenvalue weighted by Gasteiger charge is 2.36. The molecule has 2 aromatic carbocycles. The summed E-state index contributed by atoms with van der Waals surface area (Å²) >= 11 is 3.40. The molecular formula is C18H15BrF2N2O2. The van der Waals surface area contributed by atoms with Crippen LogP contribution in [0.2, 0.25) is 0 Å². The van der Waals surface area contributed by atoms with E-state index in [9.17, 15) is 18.4 Å². The van der Waals surface area contributed by atoms with Gasteiger partial charge in [-0.3, -0.25) is 9.59 Å². The molecule has 0 saturated carbocycles. The van der Waals surface area contributed by atoms with Crippen LogP contribution in [0.4, 0.5) is 14.5 Å². The summed E-state index contributed by atoms with van der Waals surface area (Å²) in [7, 11) is 0. The highest BCUT2D eigenvalue weighted by Crippen LogP contribution is 2.23. The van der Waals surface area contributed by atoms with Crippen molar-refractivity contribution < 1.29 is 18.4 Å². The van der Waals surface area contributed by atoms with Gasteiger partial charge in [-0.2, -0.15) is 0 Å². The Kier molecular flexibility index (Phi) is 4.85. The maximum Gasteiger partial charge on any atom is 0.254 e. The number of halogens is 3. The third-order valence-electron chi connectivity index (χ3n) is 4.13. The Morgan fingerprint density at radius 3 is 2.48 bits per heavy atom. The van der Waals surface area contributed by atoms with Crippen molar-refractivity contribution in [1.82, 2.24) is 4.90 Å². The van der Waals surface area contributed by atoms with Crippen molar-refractivity contribution in [3.05, 3.63) is 63.6 Å². The molecule has 7 heteroatoms. The van der Waals surface area contributed by atoms with Gasteiger partial charge in [-0.15, -0.1) is 0 Å². The van der Waals surface area contributed by atoms with Crippen LogP contribution < -0.4 is 5.32 Å². The van der Waals surface area contributed by atoms with Gasteiger partial charge in [0.15, 0.2) is 11.6 Å². The maximum absolute atomic E-state index is 13.2. The second-order valence-corrected chi connectivity index (χ2v) is 6.84. The van der Waals surface area contributed by atoms with E-state index in [2.05, 4.69) is 21.2 Å². The SMILES string of the molecule is Cc1cc(NC(=O)C2CN(C(=O)c3ccc(F)c(F)c3)C2)ccc1Br. The number of hydrogen-bond donors (Lipinski definition) is 1. The van der Waals surface area contributed by atoms with Crippen LogP contribution in [-0.2, 0) is 4.79 Å². The van der Waals surface area contributed by atoms with Gasteiger partial charge in [-0.25, -0.2) is 8.78 Å². The molecule has 0 unspecified atom stereocenters. The third-order valence-corrected chi connectivity index (χ3v) is 5.02. The molecule has 1 aliphatic heterocycles. The highest BCUT2D eigenvalue weighted by molar-refractivity contribution is 9.10. The summed E-state index contributed by atoms with van der Waals surface area (Å²) in [5, 5.41) is 2.82. The molecule has 0 aliphatic carbocycles. The van der Waals surface area contributed by atoms with Gasteiger partial charge in [-0.1, -0.05) is 15.9 Å². The van der Waals surface area contributed by atoms with Gasteiger partial charge in [0.05, 0.1) is 5.92 Å². The van der Waals surface area contributed by atoms with E-state index in [4.69, 9.17) is 0 Å². The largest absolute Gasteiger partial charge is 0.337 e. The van der Waals surface area contributed by atoms with Gasteiger partial charge in [0.1, 0.15) is 0 Å². The molecule has 0 radical (unpaired) electrons. The van der Waals surface area contributed by atoms with Crippen molar-refractivity contribution in [2.45, 2.75) is 6.92 Å². The second-order valence-electron chi connectivity index (χ2n) is 5.99. The molecule has 1 fully saturated rings. The van der Waals surface area contributed by atoms with E-state index in [0.717, 1.165) is 22.2 Å². The van der Waals surface area contributed by atoms with Crippen molar-refractivity contribution in [3.63, 3.8) is 0 Å². The Morgan fingerprint density at radius 1 is 1.12 bits per heavy atom. The molecule has 0 aromatic heterocycles. The fourth-order valence-electron chi connectivity index (χ4n) is 2.59. The number of nitrogens with one attached hydrogen (secondary N) is 1. The first-order valence-corrected chi connectivity index (χ1v) is 8.46. The van der Waals surface area contributed by atoms with Gasteiger partial charge in [0, 0.05) is 28.8 Å². The lowest BCUT2D eigenvalue weighted by atomic mass is 9.97. The number of carbonyl (C=O) groups excluding carboxylic acids is 2. The van der Waals surface area contributed by atoms with Crippen molar-refractivity contribution in [2.75, 3.05) is 18.4 Å². The molecule has 2 amide bonds. The van der Waals surface area contributed by atoms with E-state index in [1.807, 2.05) is 19.1 Å². The van der Waals surface area contributed by atoms with Crippen LogP contribution in [0.15, 0.2) is 40.9 Å². The maximum atomic E-state index is 13.2. The van der Waals surface area contributed by atoms with E-state index < -0.39 is 17.5 Å². The van der Waals surface area contributed by atoms with Gasteiger partial charge in [0.2, 0.25) is 5.91 Å². The Labute approximate surface area is 152 Å². The molecule has 0 bridgehead atoms. The van der Waals surface area contributed by atoms with Crippen LogP contribution in [0.25, 0.3) is 0 Å². The van der Waals surface area contributed by atoms with E-state index in [-0.39, 0.29) is 30.5 Å². The summed E-state index contributed by atoms with van der Waals surface area (Å²) < 4.78 is 27.1. The Bertz CT molecular complexity index is 851. The Hall–Kier alpha value is -2.28. The fourth-order valence-corrected chi connectivity index (χ4v) is 2.84. The van der Waals surface area contributed by atoms with E-state index in [1.165, 1.54) is 11.0 Å². The van der Waals surface area contributed by atoms with E-state index in [1.54, 1.807) is 6.07 Å². The minimum absolute atomic E-state index is 0.0706. The number of nitrogens with zero attached hydrogens (tertiary/aromatic N) is 1. The molecule has 0 atom stereocenters. The number of anilines is 1. The first kappa shape index (κ1) is 17.5. The van der Waals surface area contributed by atoms with Crippen molar-refractivity contribution in [2.24, 2.45) is 5.92 Å². The van der Waals surface area contributed by atoms with Crippen LogP contribution in [0.1, 0.15) is 15.9 Å². The molecular weight excluding hydrogens is 394 g/mol. The fraction of sp³-hybridized carbons (Fsp3) is 0.222. The van der Waals surface area contributed by atoms with Crippen molar-refractivity contribution in [3.8, 4) is 0 Å². The molecule has 3 rings (SSSR count). The smallest absolute Gasteiger partial charge is 0.254 e. The minimum atomic E-state index is -1.06. The van der Waals surface area contributed by atoms with Crippen molar-refractivity contribution in [1.29, 1.82) is 0 Å². The lowest BCUT2D eigenvalue weighted by Crippen LogP contribution is -2.54. The molecule has 1 saturated heterocycles. The number of likely N-dealkylation sites (tertiary alicyclic amines) is 1. The quantitative estimate of drug-likeness (QED) is 0.840. The molecule has 1 N–H and O–H groups in total. The molecule has 25 heavy (non-hydrogen) atoms. The van der Waals surface area contributed by atoms with Crippen LogP contribution >= 0.6 is 15.9 Å². The Morgan fingerprint density at radius 2 is 1.84 bits per heavy atom. The topological polar surface area (TPSA) is 49.4 Å². The zero-order chi connectivity index (χ0) is 18.1. The monoisotopic (exact) mass is 408 g/mol. The summed E-state index contributed by atoms with van der Waals surface area (Å²) in [4.78, 5) is 25.9. The second kappa shape index (κ2) is 6.92. The van der Waals surface area contributed by atoms with Crippen LogP contribution in [0.5, 0.6) is 0 Å². The molecule has 130 valence electrons. The molecule has 1 aliphatic rings. The van der Waals surface area contributed by atoms with Crippen LogP contribution in [0.3, 0.4) is 0 Å². The minimum Gasteiger partial charge on any atom is -0.337 e. The summed E-state index contributed by atoms with van der Waals surface area (Å²) in [6, 6.07) is 8.52. The number of rotatable bonds is 3. The standard InChI is InChI=1S/C18H15BrF2N2O2/c1-10-6-13(3-4-14(10)19)22-17(24)12-8-23(9-12)18(25)11-2-5-15(20)16(21)7-11/h2-7,12H,8-9H2,1H3,(H,22,24). The predicted octanol–water partition coefficient (Wildman–Crippen LogP) is 3.75. The summed E-state index contributed by atoms with van der Waals surface area (Å²) in [6.07, 6.45) is 0. The normalized spacial score (nSPS) is 14.2. The number of aryl methyl sites for hydroxylation is 1. The summed E-state index contributed by atoms with van der Waals surface area (Å²) in [5.74, 6) is -2.97. The first-order chi connectivity index (χ1) is 11.8. The Balaban J connectivity index is 1.57. The molecule has 1 heterocycles. The van der Waals surface area contributed by atoms with Gasteiger partial charge in [-0.05, 0) is 48.9 Å². The summed E-state index contributed by atoms with van der Waals surface area (Å²) in [5.41, 5.74) is 1.76. The number of carbonyl (C=O) groups is 2. The van der Waals surface area contributed by atoms with Gasteiger partial charge in [0.25, 0.3) is 5.91 Å². The lowest BCUT2D eigenvalue weighted by Gasteiger charge is -2.38. The zero-order valence-corrected chi connectivity index (χ0v) is 14.9. The van der Waals surface area contributed by atoms with Gasteiger partial charge >= 0.3 is 0 Å². The van der Waals surface area contributed by atoms with Gasteiger partial charge < -0.3 is 10.2 Å². The van der Waals surface area contributed by atoms with E-state index >= 15 is 0 Å². The van der Waals surface area contributed by atoms with Crippen molar-refractivity contribution >= 4 is 33.4 Å². The average molecular weight is 409 g/mol. The highest BCUT2D eigenvalue weighted by atomic mass is 79.9. The summed E-state index contributed by atoms with van der Waals surface area (Å²) in [6.45, 7) is 2.42. The molecule has 0 spiro atoms. The number of hydrogen-bond acceptors (Lipinski definition) is 2. The number of benzene rings is 2. The van der Waals surface area contributed by atoms with Crippen LogP contribution in [0, 0.1) is 24.5 Å². The molecule has 4 nitrogen and oxygen atoms in total. The third kappa shape index (κ3) is 3.71. The zero-order valence-electron chi connectivity index (χ0n) is 13.4. The van der Waals surface area contributed by atoms with E-state index in [0.29, 0.717) is 5.69 Å². The number of amides is 2. The average Bonchev–Trinajstić information content (AvgIpc) is 2.52. The molecule has 2 aromatic rings. The lowest BCUT2D eigenvalue weighted by molar-refractivity contribution is -0.123. The van der Waals surface area contributed by atoms with Crippen LogP contribution in [-0.4, -0.2) is 29.8 Å². The predicted molar refractivity (Wildman–Crippen MR) is 93.3 cm³/mol. The first-order valence-electron chi connectivity index (χ1n) is 7.66.